The third-order valence-electron chi connectivity index (χ3n) is 2.40. The van der Waals surface area contributed by atoms with Gasteiger partial charge in [0.25, 0.3) is 0 Å². The molecule has 0 aliphatic heterocycles. The molecule has 0 radical (unpaired) electrons. The van der Waals surface area contributed by atoms with E-state index in [1.165, 1.54) is 0 Å². The second kappa shape index (κ2) is 5.95. The Morgan fingerprint density at radius 2 is 1.94 bits per heavy atom. The third-order valence-corrected chi connectivity index (χ3v) is 3.70. The Morgan fingerprint density at radius 3 is 2.47 bits per heavy atom. The van der Waals surface area contributed by atoms with E-state index in [0.717, 1.165) is 27.5 Å². The molecule has 1 aromatic rings. The van der Waals surface area contributed by atoms with E-state index in [0.29, 0.717) is 6.61 Å². The van der Waals surface area contributed by atoms with Gasteiger partial charge in [0.1, 0.15) is 11.4 Å². The van der Waals surface area contributed by atoms with Gasteiger partial charge in [-0.25, -0.2) is 9.97 Å². The monoisotopic (exact) mass is 349 g/mol. The van der Waals surface area contributed by atoms with Crippen LogP contribution in [0.1, 0.15) is 39.2 Å². The molecule has 96 valence electrons. The molecule has 1 rings (SSSR count). The Bertz CT molecular complexity index is 394. The van der Waals surface area contributed by atoms with Gasteiger partial charge in [-0.05, 0) is 57.2 Å². The highest BCUT2D eigenvalue weighted by molar-refractivity contribution is 14.1. The van der Waals surface area contributed by atoms with Crippen LogP contribution in [0.5, 0.6) is 0 Å². The highest BCUT2D eigenvalue weighted by atomic mass is 127. The van der Waals surface area contributed by atoms with Gasteiger partial charge in [-0.1, -0.05) is 0 Å². The molecule has 0 unspecified atom stereocenters. The Morgan fingerprint density at radius 1 is 1.29 bits per heavy atom. The number of nitrogens with zero attached hydrogens (tertiary/aromatic N) is 2. The lowest BCUT2D eigenvalue weighted by molar-refractivity contribution is -0.0208. The van der Waals surface area contributed by atoms with Gasteiger partial charge in [0, 0.05) is 13.2 Å². The van der Waals surface area contributed by atoms with Crippen LogP contribution in [0.15, 0.2) is 0 Å². The van der Waals surface area contributed by atoms with E-state index in [1.54, 1.807) is 0 Å². The normalized spacial score (nSPS) is 11.6. The van der Waals surface area contributed by atoms with Gasteiger partial charge in [0.15, 0.2) is 5.82 Å². The van der Waals surface area contributed by atoms with Crippen molar-refractivity contribution in [3.63, 3.8) is 0 Å². The summed E-state index contributed by atoms with van der Waals surface area (Å²) >= 11 is 2.27. The van der Waals surface area contributed by atoms with Crippen LogP contribution < -0.4 is 5.32 Å². The van der Waals surface area contributed by atoms with Crippen LogP contribution >= 0.6 is 22.6 Å². The minimum Gasteiger partial charge on any atom is -0.369 e. The van der Waals surface area contributed by atoms with Crippen LogP contribution in [0.3, 0.4) is 0 Å². The number of halogens is 1. The number of rotatable bonds is 5. The minimum atomic E-state index is -0.450. The number of aromatic nitrogens is 2. The van der Waals surface area contributed by atoms with Crippen LogP contribution in [0.25, 0.3) is 0 Å². The smallest absolute Gasteiger partial charge is 0.162 e. The summed E-state index contributed by atoms with van der Waals surface area (Å²) in [6, 6.07) is 0. The molecule has 0 bridgehead atoms. The maximum absolute atomic E-state index is 5.69. The molecule has 0 aliphatic rings. The zero-order valence-electron chi connectivity index (χ0n) is 11.1. The first-order valence-electron chi connectivity index (χ1n) is 5.84. The molecule has 0 saturated heterocycles. The molecular formula is C12H20IN3O. The first kappa shape index (κ1) is 14.6. The summed E-state index contributed by atoms with van der Waals surface area (Å²) in [6.07, 6.45) is 0. The Balaban J connectivity index is 3.17. The van der Waals surface area contributed by atoms with Crippen molar-refractivity contribution in [1.29, 1.82) is 0 Å². The van der Waals surface area contributed by atoms with Gasteiger partial charge in [-0.2, -0.15) is 0 Å². The van der Waals surface area contributed by atoms with E-state index >= 15 is 0 Å². The Hall–Kier alpha value is -0.430. The molecule has 0 saturated carbocycles. The molecule has 0 aliphatic carbocycles. The van der Waals surface area contributed by atoms with E-state index in [9.17, 15) is 0 Å². The van der Waals surface area contributed by atoms with Crippen molar-refractivity contribution in [2.45, 2.75) is 40.2 Å². The largest absolute Gasteiger partial charge is 0.369 e. The molecule has 0 fully saturated rings. The van der Waals surface area contributed by atoms with Crippen LogP contribution in [-0.2, 0) is 10.3 Å². The van der Waals surface area contributed by atoms with Crippen LogP contribution in [0, 0.1) is 10.5 Å². The second-order valence-electron chi connectivity index (χ2n) is 4.27. The molecule has 0 amide bonds. The van der Waals surface area contributed by atoms with Crippen molar-refractivity contribution in [3.8, 4) is 0 Å². The lowest BCUT2D eigenvalue weighted by atomic mass is 10.1. The molecule has 0 spiro atoms. The molecule has 0 atom stereocenters. The van der Waals surface area contributed by atoms with Gasteiger partial charge in [0.05, 0.1) is 9.26 Å². The maximum atomic E-state index is 5.69. The van der Waals surface area contributed by atoms with Crippen LogP contribution in [0.4, 0.5) is 5.82 Å². The summed E-state index contributed by atoms with van der Waals surface area (Å²) in [7, 11) is 0. The van der Waals surface area contributed by atoms with Gasteiger partial charge in [0.2, 0.25) is 0 Å². The highest BCUT2D eigenvalue weighted by Gasteiger charge is 2.26. The fourth-order valence-corrected chi connectivity index (χ4v) is 1.97. The second-order valence-corrected chi connectivity index (χ2v) is 5.35. The molecule has 1 aromatic heterocycles. The van der Waals surface area contributed by atoms with Crippen molar-refractivity contribution < 1.29 is 4.74 Å². The van der Waals surface area contributed by atoms with Gasteiger partial charge < -0.3 is 10.1 Å². The molecular weight excluding hydrogens is 329 g/mol. The first-order valence-corrected chi connectivity index (χ1v) is 6.92. The van der Waals surface area contributed by atoms with E-state index in [4.69, 9.17) is 4.74 Å². The summed E-state index contributed by atoms with van der Waals surface area (Å²) < 4.78 is 6.76. The summed E-state index contributed by atoms with van der Waals surface area (Å²) in [4.78, 5) is 9.08. The maximum Gasteiger partial charge on any atom is 0.162 e. The van der Waals surface area contributed by atoms with Gasteiger partial charge >= 0.3 is 0 Å². The summed E-state index contributed by atoms with van der Waals surface area (Å²) in [5, 5.41) is 3.26. The molecule has 1 heterocycles. The van der Waals surface area contributed by atoms with Crippen molar-refractivity contribution >= 4 is 28.4 Å². The first-order chi connectivity index (χ1) is 7.92. The summed E-state index contributed by atoms with van der Waals surface area (Å²) in [5.74, 6) is 1.62. The van der Waals surface area contributed by atoms with Crippen molar-refractivity contribution in [2.75, 3.05) is 18.5 Å². The van der Waals surface area contributed by atoms with Crippen LogP contribution in [0.2, 0.25) is 0 Å². The number of hydrogen-bond acceptors (Lipinski definition) is 4. The van der Waals surface area contributed by atoms with E-state index in [1.807, 2.05) is 27.7 Å². The standard InChI is InChI=1S/C12H20IN3O/c1-6-14-10-9(13)8(3)15-11(16-10)12(4,5)17-7-2/h6-7H2,1-5H3,(H,14,15,16). The van der Waals surface area contributed by atoms with Gasteiger partial charge in [-0.15, -0.1) is 0 Å². The molecule has 0 aromatic carbocycles. The highest BCUT2D eigenvalue weighted by Crippen LogP contribution is 2.26. The molecule has 5 heteroatoms. The van der Waals surface area contributed by atoms with Gasteiger partial charge in [-0.3, -0.25) is 0 Å². The summed E-state index contributed by atoms with van der Waals surface area (Å²) in [5.41, 5.74) is 0.535. The number of anilines is 1. The molecule has 4 nitrogen and oxygen atoms in total. The Labute approximate surface area is 117 Å². The SMILES string of the molecule is CCNc1nc(C(C)(C)OCC)nc(C)c1I. The van der Waals surface area contributed by atoms with Crippen molar-refractivity contribution in [3.05, 3.63) is 15.1 Å². The van der Waals surface area contributed by atoms with E-state index in [2.05, 4.69) is 44.8 Å². The third kappa shape index (κ3) is 3.51. The average Bonchev–Trinajstić information content (AvgIpc) is 2.24. The lowest BCUT2D eigenvalue weighted by Gasteiger charge is -2.24. The number of aryl methyl sites for hydroxylation is 1. The number of nitrogens with one attached hydrogen (secondary N) is 1. The predicted octanol–water partition coefficient (Wildman–Crippen LogP) is 3.09. The zero-order valence-corrected chi connectivity index (χ0v) is 13.3. The zero-order chi connectivity index (χ0) is 13.1. The minimum absolute atomic E-state index is 0.450. The lowest BCUT2D eigenvalue weighted by Crippen LogP contribution is -2.26. The quantitative estimate of drug-likeness (QED) is 0.830. The number of ether oxygens (including phenoxy) is 1. The fraction of sp³-hybridized carbons (Fsp3) is 0.667. The van der Waals surface area contributed by atoms with Crippen molar-refractivity contribution in [1.82, 2.24) is 9.97 Å². The molecule has 17 heavy (non-hydrogen) atoms. The predicted molar refractivity (Wildman–Crippen MR) is 78.3 cm³/mol. The molecule has 1 N–H and O–H groups in total. The Kier molecular flexibility index (Phi) is 5.12. The van der Waals surface area contributed by atoms with E-state index in [-0.39, 0.29) is 0 Å². The fourth-order valence-electron chi connectivity index (χ4n) is 1.54. The topological polar surface area (TPSA) is 47.0 Å². The summed E-state index contributed by atoms with van der Waals surface area (Å²) in [6.45, 7) is 11.5. The van der Waals surface area contributed by atoms with Crippen molar-refractivity contribution in [2.24, 2.45) is 0 Å². The van der Waals surface area contributed by atoms with Crippen LogP contribution in [-0.4, -0.2) is 23.1 Å². The van der Waals surface area contributed by atoms with E-state index < -0.39 is 5.60 Å². The number of hydrogen-bond donors (Lipinski definition) is 1. The average molecular weight is 349 g/mol.